The summed E-state index contributed by atoms with van der Waals surface area (Å²) in [5, 5.41) is 6.15. The van der Waals surface area contributed by atoms with Crippen LogP contribution in [0.4, 0.5) is 5.69 Å². The van der Waals surface area contributed by atoms with Gasteiger partial charge in [0.05, 0.1) is 6.04 Å². The molecular weight excluding hydrogens is 262 g/mol. The fourth-order valence-corrected chi connectivity index (χ4v) is 1.90. The minimum absolute atomic E-state index is 0. The van der Waals surface area contributed by atoms with Gasteiger partial charge in [0.1, 0.15) is 0 Å². The number of carbonyl (C=O) groups is 1. The smallest absolute Gasteiger partial charge is 0.234 e. The summed E-state index contributed by atoms with van der Waals surface area (Å²) in [5.74, 6) is -0.339. The van der Waals surface area contributed by atoms with Gasteiger partial charge in [-0.2, -0.15) is 0 Å². The zero-order chi connectivity index (χ0) is 13.0. The number of benzene rings is 1. The van der Waals surface area contributed by atoms with Crippen LogP contribution in [0.1, 0.15) is 12.0 Å². The van der Waals surface area contributed by atoms with Gasteiger partial charge in [-0.1, -0.05) is 30.4 Å². The molecule has 4 N–H and O–H groups in total. The Kier molecular flexibility index (Phi) is 5.60. The summed E-state index contributed by atoms with van der Waals surface area (Å²) in [4.78, 5) is 11.2. The Balaban J connectivity index is 0.00000180. The van der Waals surface area contributed by atoms with Gasteiger partial charge in [-0.15, -0.1) is 12.4 Å². The van der Waals surface area contributed by atoms with Crippen LogP contribution in [0.2, 0.25) is 0 Å². The zero-order valence-electron chi connectivity index (χ0n) is 10.7. The van der Waals surface area contributed by atoms with E-state index < -0.39 is 0 Å². The average molecular weight is 280 g/mol. The second-order valence-electron chi connectivity index (χ2n) is 4.23. The molecule has 0 bridgehead atoms. The number of carbonyl (C=O) groups excluding carboxylic acids is 1. The van der Waals surface area contributed by atoms with Crippen molar-refractivity contribution in [2.45, 2.75) is 12.5 Å². The van der Waals surface area contributed by atoms with Crippen molar-refractivity contribution >= 4 is 30.1 Å². The highest BCUT2D eigenvalue weighted by molar-refractivity contribution is 5.85. The summed E-state index contributed by atoms with van der Waals surface area (Å²) in [6.45, 7) is 0. The van der Waals surface area contributed by atoms with E-state index in [0.717, 1.165) is 16.8 Å². The largest absolute Gasteiger partial charge is 0.368 e. The number of allylic oxidation sites excluding steroid dienone is 1. The first-order valence-electron chi connectivity index (χ1n) is 5.90. The van der Waals surface area contributed by atoms with Crippen LogP contribution in [-0.2, 0) is 4.79 Å². The summed E-state index contributed by atoms with van der Waals surface area (Å²) >= 11 is 0. The molecule has 4 nitrogen and oxygen atoms in total. The van der Waals surface area contributed by atoms with Crippen LogP contribution >= 0.6 is 12.4 Å². The SMILES string of the molecule is CNC(CC1=CNc2ccccc2C=C1)C(N)=O.Cl. The van der Waals surface area contributed by atoms with Crippen molar-refractivity contribution in [3.63, 3.8) is 0 Å². The first-order valence-corrected chi connectivity index (χ1v) is 5.90. The monoisotopic (exact) mass is 279 g/mol. The molecule has 0 saturated heterocycles. The molecule has 2 rings (SSSR count). The van der Waals surface area contributed by atoms with Crippen LogP contribution in [0.3, 0.4) is 0 Å². The number of primary amides is 1. The third-order valence-electron chi connectivity index (χ3n) is 2.98. The van der Waals surface area contributed by atoms with Gasteiger partial charge in [0.15, 0.2) is 0 Å². The van der Waals surface area contributed by atoms with E-state index in [1.54, 1.807) is 7.05 Å². The van der Waals surface area contributed by atoms with E-state index >= 15 is 0 Å². The van der Waals surface area contributed by atoms with Crippen molar-refractivity contribution in [1.82, 2.24) is 5.32 Å². The van der Waals surface area contributed by atoms with Crippen LogP contribution in [-0.4, -0.2) is 19.0 Å². The van der Waals surface area contributed by atoms with Crippen LogP contribution in [0.25, 0.3) is 6.08 Å². The van der Waals surface area contributed by atoms with Crippen LogP contribution in [0.15, 0.2) is 42.1 Å². The van der Waals surface area contributed by atoms with Crippen molar-refractivity contribution in [3.8, 4) is 0 Å². The van der Waals surface area contributed by atoms with Crippen LogP contribution < -0.4 is 16.4 Å². The van der Waals surface area contributed by atoms with Gasteiger partial charge >= 0.3 is 0 Å². The van der Waals surface area contributed by atoms with E-state index in [4.69, 9.17) is 5.73 Å². The number of likely N-dealkylation sites (N-methyl/N-ethyl adjacent to an activating group) is 1. The highest BCUT2D eigenvalue weighted by Gasteiger charge is 2.14. The normalized spacial score (nSPS) is 14.3. The average Bonchev–Trinajstić information content (AvgIpc) is 2.58. The summed E-state index contributed by atoms with van der Waals surface area (Å²) in [6, 6.07) is 7.69. The molecule has 1 aliphatic rings. The highest BCUT2D eigenvalue weighted by atomic mass is 35.5. The number of nitrogens with one attached hydrogen (secondary N) is 2. The van der Waals surface area contributed by atoms with Gasteiger partial charge in [0.2, 0.25) is 5.91 Å². The van der Waals surface area contributed by atoms with Gasteiger partial charge in [0.25, 0.3) is 0 Å². The third-order valence-corrected chi connectivity index (χ3v) is 2.98. The Hall–Kier alpha value is -1.78. The molecule has 1 amide bonds. The van der Waals surface area contributed by atoms with Crippen molar-refractivity contribution in [2.24, 2.45) is 5.73 Å². The van der Waals surface area contributed by atoms with Crippen molar-refractivity contribution in [2.75, 3.05) is 12.4 Å². The molecule has 0 fully saturated rings. The van der Waals surface area contributed by atoms with E-state index in [1.807, 2.05) is 42.6 Å². The maximum absolute atomic E-state index is 11.2. The number of para-hydroxylation sites is 1. The van der Waals surface area contributed by atoms with Gasteiger partial charge < -0.3 is 16.4 Å². The molecule has 0 spiro atoms. The fourth-order valence-electron chi connectivity index (χ4n) is 1.90. The Labute approximate surface area is 119 Å². The number of amides is 1. The molecule has 1 atom stereocenters. The fraction of sp³-hybridized carbons (Fsp3) is 0.214. The molecular formula is C14H18ClN3O. The van der Waals surface area contributed by atoms with Crippen molar-refractivity contribution < 1.29 is 4.79 Å². The minimum Gasteiger partial charge on any atom is -0.368 e. The number of hydrogen-bond acceptors (Lipinski definition) is 3. The number of hydrogen-bond donors (Lipinski definition) is 3. The summed E-state index contributed by atoms with van der Waals surface area (Å²) in [6.07, 6.45) is 6.53. The molecule has 5 heteroatoms. The maximum atomic E-state index is 11.2. The van der Waals surface area contributed by atoms with E-state index in [9.17, 15) is 4.79 Å². The number of nitrogens with two attached hydrogens (primary N) is 1. The number of halogens is 1. The number of rotatable bonds is 4. The molecule has 1 aliphatic heterocycles. The lowest BCUT2D eigenvalue weighted by atomic mass is 10.1. The third kappa shape index (κ3) is 3.84. The first kappa shape index (κ1) is 15.3. The molecule has 1 aromatic rings. The minimum atomic E-state index is -0.344. The molecule has 19 heavy (non-hydrogen) atoms. The maximum Gasteiger partial charge on any atom is 0.234 e. The lowest BCUT2D eigenvalue weighted by Gasteiger charge is -2.12. The molecule has 1 aromatic carbocycles. The zero-order valence-corrected chi connectivity index (χ0v) is 11.5. The topological polar surface area (TPSA) is 67.2 Å². The predicted molar refractivity (Wildman–Crippen MR) is 81.1 cm³/mol. The molecule has 102 valence electrons. The first-order chi connectivity index (χ1) is 8.70. The number of fused-ring (bicyclic) bond motifs is 1. The quantitative estimate of drug-likeness (QED) is 0.788. The van der Waals surface area contributed by atoms with Crippen LogP contribution in [0, 0.1) is 0 Å². The molecule has 0 radical (unpaired) electrons. The summed E-state index contributed by atoms with van der Waals surface area (Å²) in [5.41, 5.74) is 8.53. The Bertz CT molecular complexity index is 511. The number of anilines is 1. The lowest BCUT2D eigenvalue weighted by Crippen LogP contribution is -2.39. The predicted octanol–water partition coefficient (Wildman–Crippen LogP) is 1.89. The van der Waals surface area contributed by atoms with Crippen LogP contribution in [0.5, 0.6) is 0 Å². The second-order valence-corrected chi connectivity index (χ2v) is 4.23. The molecule has 1 unspecified atom stereocenters. The summed E-state index contributed by atoms with van der Waals surface area (Å²) < 4.78 is 0. The summed E-state index contributed by atoms with van der Waals surface area (Å²) in [7, 11) is 1.73. The molecule has 0 aliphatic carbocycles. The van der Waals surface area contributed by atoms with Crippen molar-refractivity contribution in [1.29, 1.82) is 0 Å². The van der Waals surface area contributed by atoms with Gasteiger partial charge in [-0.3, -0.25) is 4.79 Å². The van der Waals surface area contributed by atoms with E-state index in [-0.39, 0.29) is 24.4 Å². The Morgan fingerprint density at radius 2 is 2.11 bits per heavy atom. The van der Waals surface area contributed by atoms with E-state index in [0.29, 0.717) is 6.42 Å². The molecule has 0 saturated carbocycles. The Morgan fingerprint density at radius 1 is 1.37 bits per heavy atom. The molecule has 0 aromatic heterocycles. The molecule has 1 heterocycles. The van der Waals surface area contributed by atoms with Gasteiger partial charge in [-0.05, 0) is 30.7 Å². The van der Waals surface area contributed by atoms with Gasteiger partial charge in [-0.25, -0.2) is 0 Å². The lowest BCUT2D eigenvalue weighted by molar-refractivity contribution is -0.119. The Morgan fingerprint density at radius 3 is 2.79 bits per heavy atom. The van der Waals surface area contributed by atoms with Gasteiger partial charge in [0, 0.05) is 11.9 Å². The highest BCUT2D eigenvalue weighted by Crippen LogP contribution is 2.22. The second kappa shape index (κ2) is 6.97. The van der Waals surface area contributed by atoms with E-state index in [2.05, 4.69) is 10.6 Å². The van der Waals surface area contributed by atoms with E-state index in [1.165, 1.54) is 0 Å². The standard InChI is InChI=1S/C14H17N3O.ClH/c1-16-13(14(15)18)8-10-6-7-11-4-2-3-5-12(11)17-9-10;/h2-7,9,13,16-17H,8H2,1H3,(H2,15,18);1H. The van der Waals surface area contributed by atoms with Crippen molar-refractivity contribution in [3.05, 3.63) is 47.7 Å².